The third-order valence-electron chi connectivity index (χ3n) is 3.32. The lowest BCUT2D eigenvalue weighted by molar-refractivity contribution is 0.305. The quantitative estimate of drug-likeness (QED) is 0.363. The van der Waals surface area contributed by atoms with Gasteiger partial charge in [-0.15, -0.1) is 24.0 Å². The van der Waals surface area contributed by atoms with E-state index in [9.17, 15) is 0 Å². The van der Waals surface area contributed by atoms with Gasteiger partial charge in [0.25, 0.3) is 0 Å². The van der Waals surface area contributed by atoms with E-state index in [1.54, 1.807) is 0 Å². The molecule has 1 aromatic carbocycles. The second-order valence-corrected chi connectivity index (χ2v) is 5.39. The molecule has 5 nitrogen and oxygen atoms in total. The molecule has 2 rings (SSSR count). The Kier molecular flexibility index (Phi) is 10.6. The molecule has 0 radical (unpaired) electrons. The Morgan fingerprint density at radius 2 is 1.84 bits per heavy atom. The van der Waals surface area contributed by atoms with Crippen molar-refractivity contribution in [3.63, 3.8) is 0 Å². The molecule has 6 heteroatoms. The van der Waals surface area contributed by atoms with Crippen LogP contribution in [0.2, 0.25) is 0 Å². The van der Waals surface area contributed by atoms with Gasteiger partial charge < -0.3 is 15.4 Å². The highest BCUT2D eigenvalue weighted by Crippen LogP contribution is 2.08. The number of guanidine groups is 1. The molecule has 0 bridgehead atoms. The van der Waals surface area contributed by atoms with E-state index in [0.29, 0.717) is 19.0 Å². The fraction of sp³-hybridized carbons (Fsp3) is 0.368. The van der Waals surface area contributed by atoms with Gasteiger partial charge in [0.05, 0.1) is 13.2 Å². The van der Waals surface area contributed by atoms with Crippen molar-refractivity contribution in [3.05, 3.63) is 59.8 Å². The Balaban J connectivity index is 0.00000312. The minimum absolute atomic E-state index is 0. The monoisotopic (exact) mass is 454 g/mol. The fourth-order valence-corrected chi connectivity index (χ4v) is 2.09. The summed E-state index contributed by atoms with van der Waals surface area (Å²) >= 11 is 0. The Morgan fingerprint density at radius 3 is 2.48 bits per heavy atom. The van der Waals surface area contributed by atoms with Crippen molar-refractivity contribution in [2.75, 3.05) is 13.2 Å². The highest BCUT2D eigenvalue weighted by molar-refractivity contribution is 14.0. The maximum Gasteiger partial charge on any atom is 0.213 e. The van der Waals surface area contributed by atoms with E-state index in [0.717, 1.165) is 31.0 Å². The van der Waals surface area contributed by atoms with E-state index in [-0.39, 0.29) is 24.0 Å². The van der Waals surface area contributed by atoms with Crippen LogP contribution in [0.3, 0.4) is 0 Å². The number of nitrogens with zero attached hydrogens (tertiary/aromatic N) is 2. The van der Waals surface area contributed by atoms with Gasteiger partial charge in [0, 0.05) is 25.4 Å². The van der Waals surface area contributed by atoms with Crippen LogP contribution in [-0.4, -0.2) is 24.1 Å². The molecule has 1 heterocycles. The molecule has 0 aliphatic carbocycles. The van der Waals surface area contributed by atoms with Crippen molar-refractivity contribution in [2.24, 2.45) is 4.99 Å². The van der Waals surface area contributed by atoms with Gasteiger partial charge in [-0.25, -0.2) is 9.98 Å². The second kappa shape index (κ2) is 12.5. The van der Waals surface area contributed by atoms with Gasteiger partial charge in [0.1, 0.15) is 0 Å². The number of benzene rings is 1. The number of aliphatic imine (C=N–C) groups is 1. The highest BCUT2D eigenvalue weighted by Gasteiger charge is 2.00. The minimum Gasteiger partial charge on any atom is -0.478 e. The van der Waals surface area contributed by atoms with Crippen molar-refractivity contribution in [1.29, 1.82) is 0 Å². The molecule has 0 amide bonds. The standard InChI is InChI=1S/C19H26N4O.HI/c1-3-12-24-18-11-10-17(14-21-18)15-23-19(20-4-2)22-13-16-8-6-5-7-9-16;/h5-11,14H,3-4,12-13,15H2,1-2H3,(H2,20,22,23);1H. The number of hydrogen-bond donors (Lipinski definition) is 2. The third-order valence-corrected chi connectivity index (χ3v) is 3.32. The normalized spacial score (nSPS) is 10.7. The molecule has 25 heavy (non-hydrogen) atoms. The first-order valence-electron chi connectivity index (χ1n) is 8.45. The molecule has 2 N–H and O–H groups in total. The first kappa shape index (κ1) is 21.2. The van der Waals surface area contributed by atoms with Gasteiger partial charge >= 0.3 is 0 Å². The summed E-state index contributed by atoms with van der Waals surface area (Å²) in [7, 11) is 0. The number of nitrogens with one attached hydrogen (secondary N) is 2. The summed E-state index contributed by atoms with van der Waals surface area (Å²) in [5.41, 5.74) is 2.28. The maximum atomic E-state index is 5.49. The zero-order valence-electron chi connectivity index (χ0n) is 14.9. The van der Waals surface area contributed by atoms with Crippen LogP contribution in [0.25, 0.3) is 0 Å². The van der Waals surface area contributed by atoms with Crippen molar-refractivity contribution in [2.45, 2.75) is 33.4 Å². The van der Waals surface area contributed by atoms with Crippen LogP contribution in [0.4, 0.5) is 0 Å². The average molecular weight is 454 g/mol. The third kappa shape index (κ3) is 8.20. The molecule has 0 saturated carbocycles. The molecule has 0 aliphatic heterocycles. The van der Waals surface area contributed by atoms with Crippen LogP contribution in [-0.2, 0) is 13.1 Å². The molecule has 0 spiro atoms. The van der Waals surface area contributed by atoms with Crippen LogP contribution in [0.5, 0.6) is 5.88 Å². The molecule has 0 unspecified atom stereocenters. The van der Waals surface area contributed by atoms with Gasteiger partial charge in [-0.1, -0.05) is 43.3 Å². The average Bonchev–Trinajstić information content (AvgIpc) is 2.64. The number of rotatable bonds is 8. The first-order chi connectivity index (χ1) is 11.8. The molecule has 1 aromatic heterocycles. The molecule has 0 aliphatic rings. The van der Waals surface area contributed by atoms with Crippen molar-refractivity contribution >= 4 is 29.9 Å². The van der Waals surface area contributed by atoms with E-state index >= 15 is 0 Å². The summed E-state index contributed by atoms with van der Waals surface area (Å²) < 4.78 is 5.49. The summed E-state index contributed by atoms with van der Waals surface area (Å²) in [5.74, 6) is 1.46. The number of hydrogen-bond acceptors (Lipinski definition) is 3. The van der Waals surface area contributed by atoms with Crippen LogP contribution in [0.1, 0.15) is 31.4 Å². The molecule has 0 fully saturated rings. The SMILES string of the molecule is CCCOc1ccc(CN=C(NCC)NCc2ccccc2)cn1.I. The summed E-state index contributed by atoms with van der Waals surface area (Å²) in [6, 6.07) is 14.2. The number of aromatic nitrogens is 1. The Hall–Kier alpha value is -1.83. The molecular formula is C19H27IN4O. The van der Waals surface area contributed by atoms with E-state index in [1.165, 1.54) is 5.56 Å². The molecule has 0 saturated heterocycles. The smallest absolute Gasteiger partial charge is 0.213 e. The van der Waals surface area contributed by atoms with Crippen LogP contribution < -0.4 is 15.4 Å². The zero-order chi connectivity index (χ0) is 17.0. The van der Waals surface area contributed by atoms with Crippen LogP contribution in [0.15, 0.2) is 53.7 Å². The van der Waals surface area contributed by atoms with E-state index < -0.39 is 0 Å². The zero-order valence-corrected chi connectivity index (χ0v) is 17.2. The molecule has 0 atom stereocenters. The van der Waals surface area contributed by atoms with Gasteiger partial charge in [0.15, 0.2) is 5.96 Å². The summed E-state index contributed by atoms with van der Waals surface area (Å²) in [5, 5.41) is 6.60. The largest absolute Gasteiger partial charge is 0.478 e. The molecule has 2 aromatic rings. The Bertz CT molecular complexity index is 617. The fourth-order valence-electron chi connectivity index (χ4n) is 2.09. The Labute approximate surface area is 167 Å². The lowest BCUT2D eigenvalue weighted by Gasteiger charge is -2.11. The lowest BCUT2D eigenvalue weighted by atomic mass is 10.2. The van der Waals surface area contributed by atoms with Crippen molar-refractivity contribution < 1.29 is 4.74 Å². The van der Waals surface area contributed by atoms with Crippen LogP contribution in [0, 0.1) is 0 Å². The Morgan fingerprint density at radius 1 is 1.04 bits per heavy atom. The van der Waals surface area contributed by atoms with Crippen molar-refractivity contribution in [3.8, 4) is 5.88 Å². The van der Waals surface area contributed by atoms with Gasteiger partial charge in [-0.3, -0.25) is 0 Å². The summed E-state index contributed by atoms with van der Waals surface area (Å²) in [6.45, 7) is 6.97. The summed E-state index contributed by atoms with van der Waals surface area (Å²) in [4.78, 5) is 8.91. The number of halogens is 1. The van der Waals surface area contributed by atoms with E-state index in [2.05, 4.69) is 46.6 Å². The van der Waals surface area contributed by atoms with E-state index in [4.69, 9.17) is 4.74 Å². The number of pyridine rings is 1. The molecule has 136 valence electrons. The van der Waals surface area contributed by atoms with E-state index in [1.807, 2.05) is 36.5 Å². The lowest BCUT2D eigenvalue weighted by Crippen LogP contribution is -2.36. The highest BCUT2D eigenvalue weighted by atomic mass is 127. The first-order valence-corrected chi connectivity index (χ1v) is 8.45. The van der Waals surface area contributed by atoms with Crippen LogP contribution >= 0.6 is 24.0 Å². The van der Waals surface area contributed by atoms with Gasteiger partial charge in [0.2, 0.25) is 5.88 Å². The van der Waals surface area contributed by atoms with Gasteiger partial charge in [-0.2, -0.15) is 0 Å². The summed E-state index contributed by atoms with van der Waals surface area (Å²) in [6.07, 6.45) is 2.79. The number of ether oxygens (including phenoxy) is 1. The topological polar surface area (TPSA) is 58.5 Å². The maximum absolute atomic E-state index is 5.49. The predicted molar refractivity (Wildman–Crippen MR) is 114 cm³/mol. The van der Waals surface area contributed by atoms with Crippen molar-refractivity contribution in [1.82, 2.24) is 15.6 Å². The predicted octanol–water partition coefficient (Wildman–Crippen LogP) is 3.74. The second-order valence-electron chi connectivity index (χ2n) is 5.39. The van der Waals surface area contributed by atoms with Gasteiger partial charge in [-0.05, 0) is 24.5 Å². The molecular weight excluding hydrogens is 427 g/mol. The minimum atomic E-state index is 0.